The summed E-state index contributed by atoms with van der Waals surface area (Å²) in [6.45, 7) is 9.22. The molecule has 0 aromatic carbocycles. The summed E-state index contributed by atoms with van der Waals surface area (Å²) in [6.07, 6.45) is 6.98. The van der Waals surface area contributed by atoms with E-state index in [1.165, 1.54) is 36.9 Å². The van der Waals surface area contributed by atoms with Crippen molar-refractivity contribution in [1.29, 1.82) is 0 Å². The molecule has 1 aromatic heterocycles. The van der Waals surface area contributed by atoms with Gasteiger partial charge in [-0.2, -0.15) is 0 Å². The van der Waals surface area contributed by atoms with E-state index in [4.69, 9.17) is 0 Å². The summed E-state index contributed by atoms with van der Waals surface area (Å²) in [6, 6.07) is 2.21. The SMILES string of the molecule is CCC1(CC)Cc2nccc(C(C)C)c2C1. The van der Waals surface area contributed by atoms with Crippen LogP contribution in [0.4, 0.5) is 0 Å². The van der Waals surface area contributed by atoms with Gasteiger partial charge < -0.3 is 0 Å². The summed E-state index contributed by atoms with van der Waals surface area (Å²) in [5.74, 6) is 0.626. The number of nitrogens with zero attached hydrogens (tertiary/aromatic N) is 1. The van der Waals surface area contributed by atoms with Crippen molar-refractivity contribution < 1.29 is 0 Å². The summed E-state index contributed by atoms with van der Waals surface area (Å²) < 4.78 is 0. The van der Waals surface area contributed by atoms with Crippen molar-refractivity contribution in [3.8, 4) is 0 Å². The molecule has 0 aliphatic heterocycles. The van der Waals surface area contributed by atoms with Crippen molar-refractivity contribution in [2.45, 2.75) is 59.3 Å². The topological polar surface area (TPSA) is 12.9 Å². The van der Waals surface area contributed by atoms with E-state index in [9.17, 15) is 0 Å². The first kappa shape index (κ1) is 11.6. The minimum Gasteiger partial charge on any atom is -0.261 e. The number of hydrogen-bond donors (Lipinski definition) is 0. The summed E-state index contributed by atoms with van der Waals surface area (Å²) in [7, 11) is 0. The Hall–Kier alpha value is -0.850. The highest BCUT2D eigenvalue weighted by atomic mass is 14.7. The van der Waals surface area contributed by atoms with E-state index in [0.717, 1.165) is 0 Å². The first-order valence-electron chi connectivity index (χ1n) is 6.58. The van der Waals surface area contributed by atoms with Gasteiger partial charge in [0.1, 0.15) is 0 Å². The third-order valence-corrected chi connectivity index (χ3v) is 4.40. The van der Waals surface area contributed by atoms with E-state index in [1.54, 1.807) is 5.56 Å². The molecule has 0 amide bonds. The normalized spacial score (nSPS) is 17.8. The van der Waals surface area contributed by atoms with Crippen molar-refractivity contribution >= 4 is 0 Å². The lowest BCUT2D eigenvalue weighted by molar-refractivity contribution is 0.278. The minimum atomic E-state index is 0.500. The van der Waals surface area contributed by atoms with Gasteiger partial charge in [-0.1, -0.05) is 27.7 Å². The molecular weight excluding hydrogens is 194 g/mol. The fourth-order valence-electron chi connectivity index (χ4n) is 2.99. The monoisotopic (exact) mass is 217 g/mol. The molecule has 1 nitrogen and oxygen atoms in total. The molecule has 0 saturated carbocycles. The van der Waals surface area contributed by atoms with E-state index in [1.807, 2.05) is 6.20 Å². The third-order valence-electron chi connectivity index (χ3n) is 4.40. The van der Waals surface area contributed by atoms with Crippen LogP contribution in [0, 0.1) is 5.41 Å². The van der Waals surface area contributed by atoms with Crippen LogP contribution in [0.3, 0.4) is 0 Å². The molecule has 1 aliphatic carbocycles. The molecule has 2 rings (SSSR count). The highest BCUT2D eigenvalue weighted by Crippen LogP contribution is 2.43. The summed E-state index contributed by atoms with van der Waals surface area (Å²) in [4.78, 5) is 4.59. The van der Waals surface area contributed by atoms with Crippen LogP contribution in [0.5, 0.6) is 0 Å². The maximum absolute atomic E-state index is 4.59. The molecule has 0 radical (unpaired) electrons. The van der Waals surface area contributed by atoms with Crippen molar-refractivity contribution in [3.63, 3.8) is 0 Å². The molecule has 16 heavy (non-hydrogen) atoms. The van der Waals surface area contributed by atoms with Gasteiger partial charge in [0.25, 0.3) is 0 Å². The van der Waals surface area contributed by atoms with Crippen LogP contribution in [-0.2, 0) is 12.8 Å². The van der Waals surface area contributed by atoms with E-state index in [0.29, 0.717) is 11.3 Å². The predicted octanol–water partition coefficient (Wildman–Crippen LogP) is 4.11. The zero-order valence-corrected chi connectivity index (χ0v) is 11.0. The number of rotatable bonds is 3. The molecule has 0 atom stereocenters. The molecule has 88 valence electrons. The lowest BCUT2D eigenvalue weighted by Gasteiger charge is -2.25. The van der Waals surface area contributed by atoms with Gasteiger partial charge >= 0.3 is 0 Å². The number of hydrogen-bond acceptors (Lipinski definition) is 1. The molecule has 1 aromatic rings. The van der Waals surface area contributed by atoms with Gasteiger partial charge in [0, 0.05) is 11.9 Å². The van der Waals surface area contributed by atoms with Gasteiger partial charge in [0.2, 0.25) is 0 Å². The smallest absolute Gasteiger partial charge is 0.0444 e. The van der Waals surface area contributed by atoms with Gasteiger partial charge in [-0.25, -0.2) is 0 Å². The molecule has 1 heterocycles. The predicted molar refractivity (Wildman–Crippen MR) is 68.7 cm³/mol. The fourth-order valence-corrected chi connectivity index (χ4v) is 2.99. The van der Waals surface area contributed by atoms with Crippen molar-refractivity contribution in [1.82, 2.24) is 4.98 Å². The minimum absolute atomic E-state index is 0.500. The van der Waals surface area contributed by atoms with Gasteiger partial charge in [-0.3, -0.25) is 4.98 Å². The Morgan fingerprint density at radius 3 is 2.50 bits per heavy atom. The molecule has 0 N–H and O–H groups in total. The van der Waals surface area contributed by atoms with Crippen LogP contribution in [0.25, 0.3) is 0 Å². The van der Waals surface area contributed by atoms with Gasteiger partial charge in [-0.15, -0.1) is 0 Å². The quantitative estimate of drug-likeness (QED) is 0.742. The number of aromatic nitrogens is 1. The van der Waals surface area contributed by atoms with Crippen molar-refractivity contribution in [3.05, 3.63) is 29.1 Å². The van der Waals surface area contributed by atoms with Crippen LogP contribution in [0.1, 0.15) is 63.3 Å². The molecule has 0 spiro atoms. The summed E-state index contributed by atoms with van der Waals surface area (Å²) in [5.41, 5.74) is 4.95. The maximum atomic E-state index is 4.59. The van der Waals surface area contributed by atoms with E-state index in [2.05, 4.69) is 38.7 Å². The van der Waals surface area contributed by atoms with Crippen LogP contribution in [0.2, 0.25) is 0 Å². The lowest BCUT2D eigenvalue weighted by atomic mass is 9.79. The average Bonchev–Trinajstić information content (AvgIpc) is 2.67. The largest absolute Gasteiger partial charge is 0.261 e. The second-order valence-corrected chi connectivity index (χ2v) is 5.54. The van der Waals surface area contributed by atoms with Gasteiger partial charge in [0.05, 0.1) is 0 Å². The first-order valence-corrected chi connectivity index (χ1v) is 6.58. The van der Waals surface area contributed by atoms with Crippen LogP contribution in [0.15, 0.2) is 12.3 Å². The molecule has 0 saturated heterocycles. The van der Waals surface area contributed by atoms with Crippen LogP contribution >= 0.6 is 0 Å². The number of fused-ring (bicyclic) bond motifs is 1. The Morgan fingerprint density at radius 1 is 1.25 bits per heavy atom. The van der Waals surface area contributed by atoms with Crippen molar-refractivity contribution in [2.75, 3.05) is 0 Å². The summed E-state index contributed by atoms with van der Waals surface area (Å²) in [5, 5.41) is 0. The Labute approximate surface area is 99.3 Å². The zero-order chi connectivity index (χ0) is 11.8. The first-order chi connectivity index (χ1) is 7.62. The molecule has 0 bridgehead atoms. The zero-order valence-electron chi connectivity index (χ0n) is 11.0. The third kappa shape index (κ3) is 1.77. The standard InChI is InChI=1S/C15H23N/c1-5-15(6-2)9-13-12(11(3)4)7-8-16-14(13)10-15/h7-8,11H,5-6,9-10H2,1-4H3. The summed E-state index contributed by atoms with van der Waals surface area (Å²) >= 11 is 0. The second-order valence-electron chi connectivity index (χ2n) is 5.54. The Morgan fingerprint density at radius 2 is 1.94 bits per heavy atom. The second kappa shape index (κ2) is 4.20. The van der Waals surface area contributed by atoms with Gasteiger partial charge in [0.15, 0.2) is 0 Å². The Balaban J connectivity index is 2.40. The highest BCUT2D eigenvalue weighted by Gasteiger charge is 2.36. The van der Waals surface area contributed by atoms with Gasteiger partial charge in [-0.05, 0) is 54.2 Å². The average molecular weight is 217 g/mol. The highest BCUT2D eigenvalue weighted by molar-refractivity contribution is 5.37. The van der Waals surface area contributed by atoms with Crippen molar-refractivity contribution in [2.24, 2.45) is 5.41 Å². The molecule has 1 aliphatic rings. The molecule has 0 fully saturated rings. The van der Waals surface area contributed by atoms with E-state index < -0.39 is 0 Å². The Bertz CT molecular complexity index is 375. The maximum Gasteiger partial charge on any atom is 0.0444 e. The molecule has 1 heteroatoms. The number of pyridine rings is 1. The van der Waals surface area contributed by atoms with Crippen LogP contribution < -0.4 is 0 Å². The van der Waals surface area contributed by atoms with E-state index in [-0.39, 0.29) is 0 Å². The Kier molecular flexibility index (Phi) is 3.05. The molecule has 0 unspecified atom stereocenters. The molecular formula is C15H23N. The lowest BCUT2D eigenvalue weighted by Crippen LogP contribution is -2.18. The fraction of sp³-hybridized carbons (Fsp3) is 0.667. The van der Waals surface area contributed by atoms with Crippen LogP contribution in [-0.4, -0.2) is 4.98 Å². The van der Waals surface area contributed by atoms with E-state index >= 15 is 0 Å².